The molecule has 0 unspecified atom stereocenters. The van der Waals surface area contributed by atoms with Crippen molar-refractivity contribution in [1.29, 1.82) is 0 Å². The van der Waals surface area contributed by atoms with E-state index in [0.29, 0.717) is 22.2 Å². The number of hydrogen-bond donors (Lipinski definition) is 2. The molecule has 160 valence electrons. The van der Waals surface area contributed by atoms with Crippen LogP contribution in [0.4, 0.5) is 5.69 Å². The number of amides is 2. The molecule has 0 fully saturated rings. The summed E-state index contributed by atoms with van der Waals surface area (Å²) < 4.78 is 10.5. The van der Waals surface area contributed by atoms with Gasteiger partial charge in [-0.25, -0.2) is 4.79 Å². The Morgan fingerprint density at radius 1 is 1.06 bits per heavy atom. The standard InChI is InChI=1S/C23H22N2O6/c1-14(24-23(29)16-6-4-3-5-7-16)10-21(27)30-13-17-11-22(28)31-20-12-18(25-15(2)26)8-9-19(17)20/h3-9,11-12,14H,10,13H2,1-2H3,(H,24,29)(H,25,26)/t14-/m1/s1. The summed E-state index contributed by atoms with van der Waals surface area (Å²) in [5.74, 6) is -1.04. The first kappa shape index (κ1) is 21.8. The number of nitrogens with one attached hydrogen (secondary N) is 2. The summed E-state index contributed by atoms with van der Waals surface area (Å²) in [4.78, 5) is 47.5. The molecule has 1 heterocycles. The van der Waals surface area contributed by atoms with Gasteiger partial charge in [0, 0.05) is 47.3 Å². The number of hydrogen-bond acceptors (Lipinski definition) is 6. The maximum Gasteiger partial charge on any atom is 0.336 e. The lowest BCUT2D eigenvalue weighted by Gasteiger charge is -2.14. The fourth-order valence-electron chi connectivity index (χ4n) is 3.05. The SMILES string of the molecule is CC(=O)Nc1ccc2c(COC(=O)C[C@@H](C)NC(=O)c3ccccc3)cc(=O)oc2c1. The molecule has 0 radical (unpaired) electrons. The van der Waals surface area contributed by atoms with Crippen LogP contribution in [0.25, 0.3) is 11.0 Å². The van der Waals surface area contributed by atoms with Gasteiger partial charge in [-0.1, -0.05) is 18.2 Å². The lowest BCUT2D eigenvalue weighted by molar-refractivity contribution is -0.145. The van der Waals surface area contributed by atoms with Gasteiger partial charge in [-0.3, -0.25) is 14.4 Å². The predicted octanol–water partition coefficient (Wildman–Crippen LogP) is 3.00. The number of rotatable bonds is 7. The van der Waals surface area contributed by atoms with Crippen molar-refractivity contribution in [3.63, 3.8) is 0 Å². The third kappa shape index (κ3) is 6.02. The van der Waals surface area contributed by atoms with Crippen LogP contribution >= 0.6 is 0 Å². The Balaban J connectivity index is 1.62. The van der Waals surface area contributed by atoms with Crippen LogP contribution < -0.4 is 16.3 Å². The molecule has 8 nitrogen and oxygen atoms in total. The Bertz CT molecular complexity index is 1170. The van der Waals surface area contributed by atoms with E-state index in [1.165, 1.54) is 19.1 Å². The largest absolute Gasteiger partial charge is 0.461 e. The molecule has 2 N–H and O–H groups in total. The summed E-state index contributed by atoms with van der Waals surface area (Å²) in [6.07, 6.45) is -0.0232. The molecular formula is C23H22N2O6. The molecule has 2 amide bonds. The van der Waals surface area contributed by atoms with Gasteiger partial charge in [0.1, 0.15) is 12.2 Å². The molecule has 3 aromatic rings. The Kier molecular flexibility index (Phi) is 6.81. The summed E-state index contributed by atoms with van der Waals surface area (Å²) in [6, 6.07) is 14.4. The maximum atomic E-state index is 12.2. The quantitative estimate of drug-likeness (QED) is 0.447. The van der Waals surface area contributed by atoms with Crippen molar-refractivity contribution in [1.82, 2.24) is 5.32 Å². The second kappa shape index (κ2) is 9.71. The maximum absolute atomic E-state index is 12.2. The number of esters is 1. The number of anilines is 1. The summed E-state index contributed by atoms with van der Waals surface area (Å²) >= 11 is 0. The smallest absolute Gasteiger partial charge is 0.336 e. The van der Waals surface area contributed by atoms with Crippen molar-refractivity contribution >= 4 is 34.4 Å². The summed E-state index contributed by atoms with van der Waals surface area (Å²) in [5, 5.41) is 5.95. The molecular weight excluding hydrogens is 400 g/mol. The fourth-order valence-corrected chi connectivity index (χ4v) is 3.05. The first-order valence-corrected chi connectivity index (χ1v) is 9.67. The molecule has 0 aliphatic rings. The van der Waals surface area contributed by atoms with Crippen molar-refractivity contribution in [3.8, 4) is 0 Å². The van der Waals surface area contributed by atoms with Crippen LogP contribution in [-0.2, 0) is 20.9 Å². The first-order chi connectivity index (χ1) is 14.8. The van der Waals surface area contributed by atoms with Gasteiger partial charge < -0.3 is 19.8 Å². The monoisotopic (exact) mass is 422 g/mol. The average Bonchev–Trinajstić information content (AvgIpc) is 2.71. The van der Waals surface area contributed by atoms with E-state index in [2.05, 4.69) is 10.6 Å². The van der Waals surface area contributed by atoms with Gasteiger partial charge in [0.2, 0.25) is 5.91 Å². The molecule has 1 aromatic heterocycles. The highest BCUT2D eigenvalue weighted by Gasteiger charge is 2.15. The zero-order chi connectivity index (χ0) is 22.4. The van der Waals surface area contributed by atoms with E-state index in [1.54, 1.807) is 43.3 Å². The number of fused-ring (bicyclic) bond motifs is 1. The summed E-state index contributed by atoms with van der Waals surface area (Å²) in [6.45, 7) is 2.96. The molecule has 0 saturated heterocycles. The van der Waals surface area contributed by atoms with Gasteiger partial charge in [-0.2, -0.15) is 0 Å². The topological polar surface area (TPSA) is 115 Å². The van der Waals surface area contributed by atoms with Crippen molar-refractivity contribution in [2.45, 2.75) is 32.9 Å². The van der Waals surface area contributed by atoms with Crippen LogP contribution in [-0.4, -0.2) is 23.8 Å². The normalized spacial score (nSPS) is 11.5. The number of benzene rings is 2. The molecule has 0 bridgehead atoms. The zero-order valence-electron chi connectivity index (χ0n) is 17.1. The molecule has 0 saturated carbocycles. The van der Waals surface area contributed by atoms with E-state index < -0.39 is 17.6 Å². The van der Waals surface area contributed by atoms with E-state index >= 15 is 0 Å². The minimum Gasteiger partial charge on any atom is -0.461 e. The zero-order valence-corrected chi connectivity index (χ0v) is 17.1. The van der Waals surface area contributed by atoms with Crippen molar-refractivity contribution < 1.29 is 23.5 Å². The molecule has 2 aromatic carbocycles. The van der Waals surface area contributed by atoms with Gasteiger partial charge in [-0.05, 0) is 31.2 Å². The van der Waals surface area contributed by atoms with Crippen LogP contribution in [0.3, 0.4) is 0 Å². The third-order valence-electron chi connectivity index (χ3n) is 4.43. The van der Waals surface area contributed by atoms with Crippen LogP contribution in [0.2, 0.25) is 0 Å². The van der Waals surface area contributed by atoms with E-state index in [1.807, 2.05) is 6.07 Å². The highest BCUT2D eigenvalue weighted by molar-refractivity contribution is 5.94. The van der Waals surface area contributed by atoms with E-state index in [4.69, 9.17) is 9.15 Å². The molecule has 3 rings (SSSR count). The van der Waals surface area contributed by atoms with Gasteiger partial charge in [0.25, 0.3) is 5.91 Å². The average molecular weight is 422 g/mol. The Morgan fingerprint density at radius 2 is 1.81 bits per heavy atom. The van der Waals surface area contributed by atoms with Crippen LogP contribution in [0.1, 0.15) is 36.2 Å². The summed E-state index contributed by atoms with van der Waals surface area (Å²) in [7, 11) is 0. The van der Waals surface area contributed by atoms with E-state index in [0.717, 1.165) is 0 Å². The molecule has 8 heteroatoms. The minimum absolute atomic E-state index is 0.0232. The number of carbonyl (C=O) groups excluding carboxylic acids is 3. The lowest BCUT2D eigenvalue weighted by Crippen LogP contribution is -2.34. The minimum atomic E-state index is -0.595. The van der Waals surface area contributed by atoms with Crippen LogP contribution in [0.5, 0.6) is 0 Å². The molecule has 1 atom stereocenters. The Labute approximate surface area is 178 Å². The Hall–Kier alpha value is -3.94. The molecule has 0 aliphatic carbocycles. The molecule has 0 aliphatic heterocycles. The van der Waals surface area contributed by atoms with Gasteiger partial charge in [0.15, 0.2) is 0 Å². The fraction of sp³-hybridized carbons (Fsp3) is 0.217. The predicted molar refractivity (Wildman–Crippen MR) is 115 cm³/mol. The van der Waals surface area contributed by atoms with Crippen molar-refractivity contribution in [2.24, 2.45) is 0 Å². The van der Waals surface area contributed by atoms with E-state index in [9.17, 15) is 19.2 Å². The Morgan fingerprint density at radius 3 is 2.52 bits per heavy atom. The van der Waals surface area contributed by atoms with E-state index in [-0.39, 0.29) is 30.4 Å². The van der Waals surface area contributed by atoms with Crippen LogP contribution in [0.15, 0.2) is 63.8 Å². The highest BCUT2D eigenvalue weighted by Crippen LogP contribution is 2.22. The van der Waals surface area contributed by atoms with Gasteiger partial charge in [0.05, 0.1) is 6.42 Å². The summed E-state index contributed by atoms with van der Waals surface area (Å²) in [5.41, 5.74) is 1.15. The highest BCUT2D eigenvalue weighted by atomic mass is 16.5. The van der Waals surface area contributed by atoms with Crippen molar-refractivity contribution in [3.05, 3.63) is 76.1 Å². The van der Waals surface area contributed by atoms with Gasteiger partial charge in [-0.15, -0.1) is 0 Å². The molecule has 0 spiro atoms. The molecule has 31 heavy (non-hydrogen) atoms. The third-order valence-corrected chi connectivity index (χ3v) is 4.43. The second-order valence-electron chi connectivity index (χ2n) is 7.09. The number of carbonyl (C=O) groups is 3. The number of ether oxygens (including phenoxy) is 1. The lowest BCUT2D eigenvalue weighted by atomic mass is 10.1. The van der Waals surface area contributed by atoms with Crippen LogP contribution in [0, 0.1) is 0 Å². The van der Waals surface area contributed by atoms with Gasteiger partial charge >= 0.3 is 11.6 Å². The first-order valence-electron chi connectivity index (χ1n) is 9.67. The second-order valence-corrected chi connectivity index (χ2v) is 7.09. The van der Waals surface area contributed by atoms with Crippen molar-refractivity contribution in [2.75, 3.05) is 5.32 Å².